The van der Waals surface area contributed by atoms with E-state index in [0.717, 1.165) is 40.5 Å². The summed E-state index contributed by atoms with van der Waals surface area (Å²) < 4.78 is 2.28. The van der Waals surface area contributed by atoms with Gasteiger partial charge < -0.3 is 14.9 Å². The van der Waals surface area contributed by atoms with E-state index in [1.165, 1.54) is 12.8 Å². The van der Waals surface area contributed by atoms with E-state index in [1.54, 1.807) is 0 Å². The van der Waals surface area contributed by atoms with Crippen molar-refractivity contribution in [3.63, 3.8) is 0 Å². The molecule has 0 atom stereocenters. The van der Waals surface area contributed by atoms with E-state index in [9.17, 15) is 9.59 Å². The van der Waals surface area contributed by atoms with Gasteiger partial charge in [-0.25, -0.2) is 0 Å². The second-order valence-electron chi connectivity index (χ2n) is 7.92. The average molecular weight is 375 g/mol. The molecule has 1 aliphatic carbocycles. The van der Waals surface area contributed by atoms with Crippen molar-refractivity contribution in [2.75, 3.05) is 0 Å². The molecule has 1 aliphatic rings. The predicted octanol–water partition coefficient (Wildman–Crippen LogP) is 2.11. The van der Waals surface area contributed by atoms with Crippen LogP contribution in [0.5, 0.6) is 0 Å². The third-order valence-electron chi connectivity index (χ3n) is 5.48. The van der Waals surface area contributed by atoms with Gasteiger partial charge in [0.05, 0.1) is 0 Å². The van der Waals surface area contributed by atoms with Crippen LogP contribution in [0.1, 0.15) is 59.4 Å². The van der Waals surface area contributed by atoms with Crippen LogP contribution in [0.3, 0.4) is 0 Å². The minimum atomic E-state index is -0.135. The van der Waals surface area contributed by atoms with Crippen LogP contribution < -0.4 is 16.3 Å². The first-order valence-electron chi connectivity index (χ1n) is 10.1. The number of rotatable bonds is 6. The van der Waals surface area contributed by atoms with E-state index >= 15 is 0 Å². The van der Waals surface area contributed by atoms with Crippen LogP contribution in [-0.4, -0.2) is 23.3 Å². The number of hydrogen-bond acceptors (Lipinski definition) is 2. The number of aromatic amines is 1. The number of aromatic nitrogens is 2. The maximum atomic E-state index is 13.0. The van der Waals surface area contributed by atoms with Crippen LogP contribution in [0.25, 0.3) is 10.9 Å². The molecular formula is C22H26BN3O2. The lowest BCUT2D eigenvalue weighted by molar-refractivity contribution is 0.0952. The van der Waals surface area contributed by atoms with Gasteiger partial charge in [-0.3, -0.25) is 9.59 Å². The molecule has 0 bridgehead atoms. The third kappa shape index (κ3) is 3.51. The van der Waals surface area contributed by atoms with Crippen LogP contribution in [0.2, 0.25) is 0 Å². The molecule has 28 heavy (non-hydrogen) atoms. The maximum Gasteiger partial charge on any atom is 0.253 e. The number of carbonyl (C=O) groups is 1. The Morgan fingerprint density at radius 2 is 2.11 bits per heavy atom. The molecule has 0 spiro atoms. The number of aryl methyl sites for hydroxylation is 2. The molecule has 2 aromatic heterocycles. The summed E-state index contributed by atoms with van der Waals surface area (Å²) in [6, 6.07) is 8.68. The van der Waals surface area contributed by atoms with Crippen molar-refractivity contribution in [3.8, 4) is 0 Å². The van der Waals surface area contributed by atoms with Crippen molar-refractivity contribution >= 4 is 30.1 Å². The first kappa shape index (κ1) is 18.6. The smallest absolute Gasteiger partial charge is 0.253 e. The molecule has 0 radical (unpaired) electrons. The number of H-pyrrole nitrogens is 1. The normalized spacial score (nSPS) is 13.8. The number of benzene rings is 1. The molecule has 4 rings (SSSR count). The highest BCUT2D eigenvalue weighted by Crippen LogP contribution is 2.38. The summed E-state index contributed by atoms with van der Waals surface area (Å²) in [5.41, 5.74) is 5.27. The Labute approximate surface area is 165 Å². The number of amides is 1. The highest BCUT2D eigenvalue weighted by molar-refractivity contribution is 6.34. The molecular weight excluding hydrogens is 349 g/mol. The molecule has 2 heterocycles. The Morgan fingerprint density at radius 3 is 2.82 bits per heavy atom. The SMILES string of the molecule is Bc1cc(C(=O)NCc2c(CCC)cc(C)[nH]c2=O)c2ccn(C3CC3)c2c1. The van der Waals surface area contributed by atoms with E-state index in [0.29, 0.717) is 17.2 Å². The van der Waals surface area contributed by atoms with Crippen molar-refractivity contribution in [3.05, 3.63) is 63.2 Å². The van der Waals surface area contributed by atoms with Crippen molar-refractivity contribution in [2.45, 2.75) is 52.1 Å². The minimum absolute atomic E-state index is 0.113. The zero-order valence-corrected chi connectivity index (χ0v) is 16.8. The summed E-state index contributed by atoms with van der Waals surface area (Å²) in [5.74, 6) is -0.135. The Hall–Kier alpha value is -2.76. The third-order valence-corrected chi connectivity index (χ3v) is 5.48. The molecule has 144 valence electrons. The summed E-state index contributed by atoms with van der Waals surface area (Å²) in [6.07, 6.45) is 6.28. The topological polar surface area (TPSA) is 66.9 Å². The number of pyridine rings is 1. The first-order chi connectivity index (χ1) is 13.5. The Kier molecular flexibility index (Phi) is 4.88. The highest BCUT2D eigenvalue weighted by atomic mass is 16.1. The molecule has 1 fully saturated rings. The molecule has 0 saturated heterocycles. The van der Waals surface area contributed by atoms with Crippen LogP contribution in [0.15, 0.2) is 35.3 Å². The number of nitrogens with zero attached hydrogens (tertiary/aromatic N) is 1. The fourth-order valence-electron chi connectivity index (χ4n) is 4.00. The molecule has 0 unspecified atom stereocenters. The molecule has 3 aromatic rings. The van der Waals surface area contributed by atoms with Gasteiger partial charge >= 0.3 is 0 Å². The van der Waals surface area contributed by atoms with Crippen LogP contribution in [0.4, 0.5) is 0 Å². The van der Waals surface area contributed by atoms with Gasteiger partial charge in [-0.05, 0) is 49.9 Å². The summed E-state index contributed by atoms with van der Waals surface area (Å²) in [4.78, 5) is 28.3. The quantitative estimate of drug-likeness (QED) is 0.648. The van der Waals surface area contributed by atoms with E-state index < -0.39 is 0 Å². The largest absolute Gasteiger partial charge is 0.348 e. The first-order valence-corrected chi connectivity index (χ1v) is 10.1. The Bertz CT molecular complexity index is 1110. The van der Waals surface area contributed by atoms with Crippen molar-refractivity contribution in [1.29, 1.82) is 0 Å². The molecule has 1 aromatic carbocycles. The zero-order chi connectivity index (χ0) is 19.8. The van der Waals surface area contributed by atoms with Crippen molar-refractivity contribution in [2.24, 2.45) is 0 Å². The number of carbonyl (C=O) groups excluding carboxylic acids is 1. The summed E-state index contributed by atoms with van der Waals surface area (Å²) in [7, 11) is 2.02. The van der Waals surface area contributed by atoms with E-state index in [4.69, 9.17) is 0 Å². The van der Waals surface area contributed by atoms with Gasteiger partial charge in [-0.1, -0.05) is 24.9 Å². The van der Waals surface area contributed by atoms with Gasteiger partial charge in [0.2, 0.25) is 0 Å². The summed E-state index contributed by atoms with van der Waals surface area (Å²) >= 11 is 0. The second-order valence-corrected chi connectivity index (χ2v) is 7.92. The van der Waals surface area contributed by atoms with Crippen LogP contribution in [-0.2, 0) is 13.0 Å². The van der Waals surface area contributed by atoms with E-state index in [-0.39, 0.29) is 18.0 Å². The lowest BCUT2D eigenvalue weighted by Crippen LogP contribution is -2.29. The van der Waals surface area contributed by atoms with Gasteiger partial charge in [-0.2, -0.15) is 0 Å². The Balaban J connectivity index is 1.62. The number of nitrogens with one attached hydrogen (secondary N) is 2. The Morgan fingerprint density at radius 1 is 1.32 bits per heavy atom. The van der Waals surface area contributed by atoms with Gasteiger partial charge in [-0.15, -0.1) is 0 Å². The van der Waals surface area contributed by atoms with Crippen LogP contribution in [0, 0.1) is 6.92 Å². The second kappa shape index (κ2) is 7.34. The lowest BCUT2D eigenvalue weighted by Gasteiger charge is -2.12. The molecule has 0 aliphatic heterocycles. The minimum Gasteiger partial charge on any atom is -0.348 e. The fourth-order valence-corrected chi connectivity index (χ4v) is 4.00. The maximum absolute atomic E-state index is 13.0. The van der Waals surface area contributed by atoms with Gasteiger partial charge in [0.15, 0.2) is 0 Å². The monoisotopic (exact) mass is 375 g/mol. The van der Waals surface area contributed by atoms with Gasteiger partial charge in [0.1, 0.15) is 7.85 Å². The fraction of sp³-hybridized carbons (Fsp3) is 0.364. The summed E-state index contributed by atoms with van der Waals surface area (Å²) in [5, 5.41) is 3.95. The standard InChI is InChI=1S/C22H26BN3O2/c1-3-4-14-9-13(2)25-22(28)19(14)12-24-21(27)18-10-15(23)11-20-17(18)7-8-26(20)16-5-6-16/h7-11,16H,3-6,12,23H2,1-2H3,(H,24,27)(H,25,28). The number of fused-ring (bicyclic) bond motifs is 1. The predicted molar refractivity (Wildman–Crippen MR) is 115 cm³/mol. The van der Waals surface area contributed by atoms with E-state index in [2.05, 4.69) is 34.1 Å². The number of hydrogen-bond donors (Lipinski definition) is 2. The van der Waals surface area contributed by atoms with Crippen LogP contribution >= 0.6 is 0 Å². The molecule has 6 heteroatoms. The molecule has 1 amide bonds. The van der Waals surface area contributed by atoms with Gasteiger partial charge in [0, 0.05) is 46.5 Å². The van der Waals surface area contributed by atoms with Crippen molar-refractivity contribution < 1.29 is 4.79 Å². The summed E-state index contributed by atoms with van der Waals surface area (Å²) in [6.45, 7) is 4.21. The molecule has 5 nitrogen and oxygen atoms in total. The van der Waals surface area contributed by atoms with Gasteiger partial charge in [0.25, 0.3) is 11.5 Å². The zero-order valence-electron chi connectivity index (χ0n) is 16.8. The average Bonchev–Trinajstić information content (AvgIpc) is 3.40. The lowest BCUT2D eigenvalue weighted by atomic mass is 9.92. The van der Waals surface area contributed by atoms with E-state index in [1.807, 2.05) is 33.0 Å². The van der Waals surface area contributed by atoms with Crippen molar-refractivity contribution in [1.82, 2.24) is 14.9 Å². The highest BCUT2D eigenvalue weighted by Gasteiger charge is 2.25. The molecule has 1 saturated carbocycles. The molecule has 2 N–H and O–H groups in total.